The number of nitrogens with zero attached hydrogens (tertiary/aromatic N) is 1. The van der Waals surface area contributed by atoms with Gasteiger partial charge in [-0.25, -0.2) is 0 Å². The fraction of sp³-hybridized carbons (Fsp3) is 0.667. The Morgan fingerprint density at radius 3 is 2.70 bits per heavy atom. The summed E-state index contributed by atoms with van der Waals surface area (Å²) in [6, 6.07) is 0. The van der Waals surface area contributed by atoms with Gasteiger partial charge in [0.2, 0.25) is 5.91 Å². The van der Waals surface area contributed by atoms with Crippen molar-refractivity contribution in [2.45, 2.75) is 24.9 Å². The van der Waals surface area contributed by atoms with E-state index in [1.54, 1.807) is 6.08 Å². The van der Waals surface area contributed by atoms with Gasteiger partial charge in [0.05, 0.1) is 17.0 Å². The van der Waals surface area contributed by atoms with Gasteiger partial charge >= 0.3 is 0 Å². The predicted molar refractivity (Wildman–Crippen MR) is 88.8 cm³/mol. The second kappa shape index (κ2) is 7.56. The minimum Gasteiger partial charge on any atom is -0.375 e. The fourth-order valence-electron chi connectivity index (χ4n) is 2.88. The van der Waals surface area contributed by atoms with E-state index >= 15 is 0 Å². The van der Waals surface area contributed by atoms with Crippen molar-refractivity contribution < 1.29 is 9.53 Å². The second-order valence-corrected chi connectivity index (χ2v) is 5.95. The summed E-state index contributed by atoms with van der Waals surface area (Å²) in [5.41, 5.74) is 5.60. The highest BCUT2D eigenvalue weighted by Gasteiger charge is 2.39. The lowest BCUT2D eigenvalue weighted by Gasteiger charge is -2.44. The van der Waals surface area contributed by atoms with E-state index in [1.165, 1.54) is 0 Å². The van der Waals surface area contributed by atoms with E-state index in [1.807, 2.05) is 7.05 Å². The zero-order chi connectivity index (χ0) is 16.9. The average molecular weight is 322 g/mol. The molecule has 0 unspecified atom stereocenters. The SMILES string of the molecule is CN/C(=C\C(=N)C(=N)CCN)N1CCC2(CC1)CNC(=O)CO2. The number of hydrogen-bond acceptors (Lipinski definition) is 7. The van der Waals surface area contributed by atoms with Crippen LogP contribution in [0.1, 0.15) is 19.3 Å². The number of hydrogen-bond donors (Lipinski definition) is 5. The van der Waals surface area contributed by atoms with E-state index in [9.17, 15) is 4.79 Å². The molecule has 0 atom stereocenters. The van der Waals surface area contributed by atoms with Gasteiger partial charge in [-0.2, -0.15) is 0 Å². The lowest BCUT2D eigenvalue weighted by Crippen LogP contribution is -2.57. The number of ether oxygens (including phenoxy) is 1. The van der Waals surface area contributed by atoms with Crippen molar-refractivity contribution >= 4 is 17.3 Å². The molecule has 1 amide bonds. The van der Waals surface area contributed by atoms with E-state index < -0.39 is 0 Å². The first-order valence-electron chi connectivity index (χ1n) is 7.91. The van der Waals surface area contributed by atoms with Crippen LogP contribution in [0.15, 0.2) is 11.9 Å². The Kier molecular flexibility index (Phi) is 5.73. The van der Waals surface area contributed by atoms with Crippen LogP contribution in [0.3, 0.4) is 0 Å². The summed E-state index contributed by atoms with van der Waals surface area (Å²) >= 11 is 0. The number of carbonyl (C=O) groups excluding carboxylic acids is 1. The Balaban J connectivity index is 1.95. The third-order valence-electron chi connectivity index (χ3n) is 4.39. The van der Waals surface area contributed by atoms with Crippen molar-refractivity contribution in [3.8, 4) is 0 Å². The zero-order valence-electron chi connectivity index (χ0n) is 13.6. The Morgan fingerprint density at radius 2 is 2.17 bits per heavy atom. The van der Waals surface area contributed by atoms with Crippen molar-refractivity contribution in [1.82, 2.24) is 15.5 Å². The molecule has 0 aromatic rings. The quantitative estimate of drug-likeness (QED) is 0.418. The maximum absolute atomic E-state index is 11.2. The molecule has 0 radical (unpaired) electrons. The first kappa shape index (κ1) is 17.4. The van der Waals surface area contributed by atoms with Crippen LogP contribution in [0, 0.1) is 10.8 Å². The van der Waals surface area contributed by atoms with Crippen LogP contribution in [0.5, 0.6) is 0 Å². The summed E-state index contributed by atoms with van der Waals surface area (Å²) in [4.78, 5) is 13.4. The predicted octanol–water partition coefficient (Wildman–Crippen LogP) is -0.583. The van der Waals surface area contributed by atoms with Gasteiger partial charge in [-0.05, 0) is 19.4 Å². The number of nitrogens with one attached hydrogen (secondary N) is 4. The molecule has 0 aliphatic carbocycles. The Hall–Kier alpha value is -1.93. The molecule has 0 aromatic carbocycles. The summed E-state index contributed by atoms with van der Waals surface area (Å²) < 4.78 is 5.76. The molecule has 8 heteroatoms. The van der Waals surface area contributed by atoms with Crippen LogP contribution in [-0.2, 0) is 9.53 Å². The van der Waals surface area contributed by atoms with Crippen LogP contribution in [0.4, 0.5) is 0 Å². The van der Waals surface area contributed by atoms with Gasteiger partial charge < -0.3 is 31.4 Å². The maximum atomic E-state index is 11.2. The van der Waals surface area contributed by atoms with Crippen LogP contribution < -0.4 is 16.4 Å². The van der Waals surface area contributed by atoms with Crippen molar-refractivity contribution in [3.63, 3.8) is 0 Å². The average Bonchev–Trinajstić information content (AvgIpc) is 2.56. The maximum Gasteiger partial charge on any atom is 0.246 e. The molecular formula is C15H26N6O2. The number of allylic oxidation sites excluding steroid dienone is 1. The Labute approximate surface area is 136 Å². The molecule has 2 heterocycles. The summed E-state index contributed by atoms with van der Waals surface area (Å²) in [5.74, 6) is 0.771. The summed E-state index contributed by atoms with van der Waals surface area (Å²) in [6.07, 6.45) is 3.72. The minimum atomic E-state index is -0.261. The first-order chi connectivity index (χ1) is 11.0. The highest BCUT2D eigenvalue weighted by atomic mass is 16.5. The Bertz CT molecular complexity index is 496. The smallest absolute Gasteiger partial charge is 0.246 e. The largest absolute Gasteiger partial charge is 0.375 e. The molecule has 1 spiro atoms. The van der Waals surface area contributed by atoms with Crippen molar-refractivity contribution in [2.75, 3.05) is 39.8 Å². The van der Waals surface area contributed by atoms with Gasteiger partial charge in [0.15, 0.2) is 0 Å². The van der Waals surface area contributed by atoms with E-state index in [0.29, 0.717) is 19.5 Å². The number of likely N-dealkylation sites (tertiary alicyclic amines) is 1. The monoisotopic (exact) mass is 322 g/mol. The van der Waals surface area contributed by atoms with Crippen molar-refractivity contribution in [3.05, 3.63) is 11.9 Å². The van der Waals surface area contributed by atoms with Crippen LogP contribution >= 0.6 is 0 Å². The molecule has 2 saturated heterocycles. The summed E-state index contributed by atoms with van der Waals surface area (Å²) in [7, 11) is 1.81. The van der Waals surface area contributed by atoms with Crippen molar-refractivity contribution in [1.29, 1.82) is 10.8 Å². The molecule has 6 N–H and O–H groups in total. The topological polar surface area (TPSA) is 127 Å². The van der Waals surface area contributed by atoms with Gasteiger partial charge in [0.1, 0.15) is 12.4 Å². The third kappa shape index (κ3) is 4.29. The van der Waals surface area contributed by atoms with Crippen LogP contribution in [0.2, 0.25) is 0 Å². The zero-order valence-corrected chi connectivity index (χ0v) is 13.6. The lowest BCUT2D eigenvalue weighted by atomic mass is 9.90. The van der Waals surface area contributed by atoms with Crippen molar-refractivity contribution in [2.24, 2.45) is 5.73 Å². The highest BCUT2D eigenvalue weighted by molar-refractivity contribution is 6.44. The number of nitrogens with two attached hydrogens (primary N) is 1. The number of amides is 1. The van der Waals surface area contributed by atoms with Gasteiger partial charge in [-0.1, -0.05) is 0 Å². The van der Waals surface area contributed by atoms with Gasteiger partial charge in [0, 0.05) is 39.2 Å². The lowest BCUT2D eigenvalue weighted by molar-refractivity contribution is -0.149. The second-order valence-electron chi connectivity index (χ2n) is 5.95. The Morgan fingerprint density at radius 1 is 1.48 bits per heavy atom. The molecule has 2 aliphatic rings. The van der Waals surface area contributed by atoms with Gasteiger partial charge in [-0.15, -0.1) is 0 Å². The van der Waals surface area contributed by atoms with Gasteiger partial charge in [-0.3, -0.25) is 10.2 Å². The molecule has 23 heavy (non-hydrogen) atoms. The molecular weight excluding hydrogens is 296 g/mol. The van der Waals surface area contributed by atoms with Gasteiger partial charge in [0.25, 0.3) is 0 Å². The van der Waals surface area contributed by atoms with E-state index in [-0.39, 0.29) is 29.5 Å². The van der Waals surface area contributed by atoms with E-state index in [4.69, 9.17) is 21.3 Å². The molecule has 2 rings (SSSR count). The summed E-state index contributed by atoms with van der Waals surface area (Å²) in [5, 5.41) is 21.7. The molecule has 0 saturated carbocycles. The number of rotatable bonds is 6. The van der Waals surface area contributed by atoms with Crippen LogP contribution in [0.25, 0.3) is 0 Å². The molecule has 0 aromatic heterocycles. The number of morpholine rings is 1. The minimum absolute atomic E-state index is 0.0549. The molecule has 8 nitrogen and oxygen atoms in total. The standard InChI is InChI=1S/C15H26N6O2/c1-19-13(8-12(18)11(17)2-5-16)21-6-3-15(4-7-21)10-20-14(22)9-23-15/h8,17-19H,2-7,9-10,16H2,1H3,(H,20,22)/b13-8+,17-11?,18-12?. The molecule has 2 aliphatic heterocycles. The normalized spacial score (nSPS) is 21.0. The highest BCUT2D eigenvalue weighted by Crippen LogP contribution is 2.28. The van der Waals surface area contributed by atoms with E-state index in [0.717, 1.165) is 31.8 Å². The molecule has 2 fully saturated rings. The molecule has 128 valence electrons. The number of piperidine rings is 1. The first-order valence-corrected chi connectivity index (χ1v) is 7.91. The third-order valence-corrected chi connectivity index (χ3v) is 4.39. The fourth-order valence-corrected chi connectivity index (χ4v) is 2.88. The number of carbonyl (C=O) groups is 1. The van der Waals surface area contributed by atoms with E-state index in [2.05, 4.69) is 15.5 Å². The van der Waals surface area contributed by atoms with Crippen LogP contribution in [-0.4, -0.2) is 67.7 Å². The summed E-state index contributed by atoms with van der Waals surface area (Å²) in [6.45, 7) is 2.63. The molecule has 0 bridgehead atoms.